The zero-order chi connectivity index (χ0) is 18.4. The van der Waals surface area contributed by atoms with Gasteiger partial charge in [0.2, 0.25) is 0 Å². The smallest absolute Gasteiger partial charge is 0.272 e. The number of benzene rings is 2. The molecule has 0 saturated heterocycles. The Morgan fingerprint density at radius 3 is 2.69 bits per heavy atom. The first-order chi connectivity index (χ1) is 12.6. The molecule has 0 bridgehead atoms. The number of nitrogens with zero attached hydrogens (tertiary/aromatic N) is 3. The Hall–Kier alpha value is -3.55. The van der Waals surface area contributed by atoms with E-state index in [4.69, 9.17) is 0 Å². The summed E-state index contributed by atoms with van der Waals surface area (Å²) in [6.45, 7) is 1.56. The van der Waals surface area contributed by atoms with Gasteiger partial charge in [-0.15, -0.1) is 0 Å². The van der Waals surface area contributed by atoms with Crippen LogP contribution in [-0.4, -0.2) is 36.0 Å². The highest BCUT2D eigenvalue weighted by Crippen LogP contribution is 2.12. The Morgan fingerprint density at radius 1 is 1.23 bits per heavy atom. The molecule has 0 aromatic heterocycles. The molecular formula is C18H17N5O3. The Balaban J connectivity index is 1.70. The number of nitro benzene ring substituents is 1. The average Bonchev–Trinajstić information content (AvgIpc) is 2.69. The molecule has 26 heavy (non-hydrogen) atoms. The minimum atomic E-state index is -0.471. The summed E-state index contributed by atoms with van der Waals surface area (Å²) >= 11 is 0. The molecule has 1 heterocycles. The van der Waals surface area contributed by atoms with Gasteiger partial charge >= 0.3 is 0 Å². The average molecular weight is 351 g/mol. The van der Waals surface area contributed by atoms with Gasteiger partial charge in [0, 0.05) is 30.8 Å². The summed E-state index contributed by atoms with van der Waals surface area (Å²) in [5, 5.41) is 17.8. The first-order valence-electron chi connectivity index (χ1n) is 8.11. The number of carbonyl (C=O) groups excluding carboxylic acids is 1. The summed E-state index contributed by atoms with van der Waals surface area (Å²) in [5.74, 6) is 0.357. The number of hydrogen-bond donors (Lipinski definition) is 2. The topological polar surface area (TPSA) is 109 Å². The molecule has 1 aliphatic rings. The predicted octanol–water partition coefficient (Wildman–Crippen LogP) is 2.10. The van der Waals surface area contributed by atoms with Crippen molar-refractivity contribution in [3.63, 3.8) is 0 Å². The van der Waals surface area contributed by atoms with E-state index in [1.807, 2.05) is 12.1 Å². The van der Waals surface area contributed by atoms with Gasteiger partial charge in [0.1, 0.15) is 5.84 Å². The van der Waals surface area contributed by atoms with Crippen molar-refractivity contribution in [3.05, 3.63) is 75.3 Å². The summed E-state index contributed by atoms with van der Waals surface area (Å²) in [5.41, 5.74) is 4.33. The molecule has 132 valence electrons. The Morgan fingerprint density at radius 2 is 2.00 bits per heavy atom. The molecule has 1 amide bonds. The molecule has 8 nitrogen and oxygen atoms in total. The second kappa shape index (κ2) is 8.02. The van der Waals surface area contributed by atoms with Gasteiger partial charge in [0.05, 0.1) is 16.7 Å². The molecule has 2 aromatic carbocycles. The minimum Gasteiger partial charge on any atom is -0.370 e. The normalized spacial score (nSPS) is 13.8. The predicted molar refractivity (Wildman–Crippen MR) is 98.6 cm³/mol. The molecule has 0 unspecified atom stereocenters. The number of hydrazone groups is 1. The maximum absolute atomic E-state index is 12.4. The zero-order valence-corrected chi connectivity index (χ0v) is 13.9. The monoisotopic (exact) mass is 351 g/mol. The Bertz CT molecular complexity index is 875. The summed E-state index contributed by atoms with van der Waals surface area (Å²) in [4.78, 5) is 27.0. The standard InChI is InChI=1S/C18H17N5O3/c24-18(22-21-12-13-6-8-14(9-7-13)23(25)26)16-5-2-1-4-15(16)17-19-10-3-11-20-17/h1-2,4-9,12H,3,10-11H2,(H,19,20)(H,22,24)/b21-12-. The fourth-order valence-corrected chi connectivity index (χ4v) is 2.51. The highest BCUT2D eigenvalue weighted by atomic mass is 16.6. The van der Waals surface area contributed by atoms with Crippen LogP contribution in [-0.2, 0) is 0 Å². The van der Waals surface area contributed by atoms with Gasteiger partial charge in [0.15, 0.2) is 0 Å². The molecule has 0 radical (unpaired) electrons. The number of amidine groups is 1. The fourth-order valence-electron chi connectivity index (χ4n) is 2.51. The number of nitro groups is 1. The van der Waals surface area contributed by atoms with Crippen molar-refractivity contribution in [2.75, 3.05) is 13.1 Å². The Kier molecular flexibility index (Phi) is 5.33. The maximum atomic E-state index is 12.4. The van der Waals surface area contributed by atoms with Gasteiger partial charge in [0.25, 0.3) is 11.6 Å². The first kappa shape index (κ1) is 17.3. The molecule has 3 rings (SSSR count). The number of rotatable bonds is 5. The van der Waals surface area contributed by atoms with Crippen LogP contribution in [0, 0.1) is 10.1 Å². The molecule has 0 fully saturated rings. The SMILES string of the molecule is O=C(N/N=C\c1ccc([N+](=O)[O-])cc1)c1ccccc1C1=NCCCN1. The third-order valence-electron chi connectivity index (χ3n) is 3.81. The van der Waals surface area contributed by atoms with Crippen molar-refractivity contribution in [2.24, 2.45) is 10.1 Å². The van der Waals surface area contributed by atoms with E-state index in [1.165, 1.54) is 18.3 Å². The van der Waals surface area contributed by atoms with Gasteiger partial charge in [-0.25, -0.2) is 5.43 Å². The van der Waals surface area contributed by atoms with E-state index in [2.05, 4.69) is 20.8 Å². The van der Waals surface area contributed by atoms with Crippen LogP contribution in [0.25, 0.3) is 0 Å². The number of amides is 1. The summed E-state index contributed by atoms with van der Waals surface area (Å²) in [6.07, 6.45) is 2.40. The lowest BCUT2D eigenvalue weighted by molar-refractivity contribution is -0.384. The van der Waals surface area contributed by atoms with E-state index < -0.39 is 4.92 Å². The highest BCUT2D eigenvalue weighted by Gasteiger charge is 2.16. The van der Waals surface area contributed by atoms with E-state index in [-0.39, 0.29) is 11.6 Å². The summed E-state index contributed by atoms with van der Waals surface area (Å²) in [6, 6.07) is 13.1. The van der Waals surface area contributed by atoms with Crippen LogP contribution in [0.5, 0.6) is 0 Å². The first-order valence-corrected chi connectivity index (χ1v) is 8.11. The molecule has 0 saturated carbocycles. The van der Waals surface area contributed by atoms with E-state index in [0.717, 1.165) is 25.1 Å². The number of aliphatic imine (C=N–C) groups is 1. The third-order valence-corrected chi connectivity index (χ3v) is 3.81. The van der Waals surface area contributed by atoms with Crippen molar-refractivity contribution in [1.29, 1.82) is 0 Å². The van der Waals surface area contributed by atoms with E-state index in [9.17, 15) is 14.9 Å². The number of non-ortho nitro benzene ring substituents is 1. The number of carbonyl (C=O) groups is 1. The minimum absolute atomic E-state index is 0.000805. The van der Waals surface area contributed by atoms with Crippen molar-refractivity contribution in [2.45, 2.75) is 6.42 Å². The Labute approximate surface area is 149 Å². The molecule has 0 aliphatic carbocycles. The lowest BCUT2D eigenvalue weighted by Crippen LogP contribution is -2.32. The van der Waals surface area contributed by atoms with Gasteiger partial charge in [-0.2, -0.15) is 5.10 Å². The van der Waals surface area contributed by atoms with Crippen LogP contribution in [0.15, 0.2) is 58.6 Å². The van der Waals surface area contributed by atoms with Crippen molar-refractivity contribution < 1.29 is 9.72 Å². The molecule has 2 N–H and O–H groups in total. The van der Waals surface area contributed by atoms with Crippen LogP contribution in [0.1, 0.15) is 27.9 Å². The van der Waals surface area contributed by atoms with Crippen LogP contribution < -0.4 is 10.7 Å². The van der Waals surface area contributed by atoms with E-state index >= 15 is 0 Å². The molecule has 0 spiro atoms. The number of nitrogens with one attached hydrogen (secondary N) is 2. The van der Waals surface area contributed by atoms with Crippen molar-refractivity contribution >= 4 is 23.6 Å². The van der Waals surface area contributed by atoms with Crippen LogP contribution in [0.3, 0.4) is 0 Å². The van der Waals surface area contributed by atoms with Gasteiger partial charge in [-0.1, -0.05) is 18.2 Å². The zero-order valence-electron chi connectivity index (χ0n) is 13.9. The fraction of sp³-hybridized carbons (Fsp3) is 0.167. The van der Waals surface area contributed by atoms with Crippen LogP contribution >= 0.6 is 0 Å². The second-order valence-electron chi connectivity index (χ2n) is 5.60. The van der Waals surface area contributed by atoms with Crippen molar-refractivity contribution in [3.8, 4) is 0 Å². The van der Waals surface area contributed by atoms with Crippen LogP contribution in [0.2, 0.25) is 0 Å². The highest BCUT2D eigenvalue weighted by molar-refractivity contribution is 6.09. The second-order valence-corrected chi connectivity index (χ2v) is 5.60. The van der Waals surface area contributed by atoms with Crippen LogP contribution in [0.4, 0.5) is 5.69 Å². The van der Waals surface area contributed by atoms with Gasteiger partial charge in [-0.05, 0) is 30.2 Å². The molecule has 2 aromatic rings. The summed E-state index contributed by atoms with van der Waals surface area (Å²) in [7, 11) is 0. The lowest BCUT2D eigenvalue weighted by atomic mass is 10.1. The molecule has 8 heteroatoms. The molecular weight excluding hydrogens is 334 g/mol. The quantitative estimate of drug-likeness (QED) is 0.488. The summed E-state index contributed by atoms with van der Waals surface area (Å²) < 4.78 is 0. The van der Waals surface area contributed by atoms with E-state index in [1.54, 1.807) is 24.3 Å². The third kappa shape index (κ3) is 4.10. The maximum Gasteiger partial charge on any atom is 0.272 e. The van der Waals surface area contributed by atoms with Gasteiger partial charge < -0.3 is 5.32 Å². The van der Waals surface area contributed by atoms with Crippen molar-refractivity contribution in [1.82, 2.24) is 10.7 Å². The number of hydrogen-bond acceptors (Lipinski definition) is 6. The molecule has 0 atom stereocenters. The molecule has 1 aliphatic heterocycles. The van der Waals surface area contributed by atoms with E-state index in [0.29, 0.717) is 17.0 Å². The largest absolute Gasteiger partial charge is 0.370 e. The lowest BCUT2D eigenvalue weighted by Gasteiger charge is -2.16. The van der Waals surface area contributed by atoms with Gasteiger partial charge in [-0.3, -0.25) is 19.9 Å².